The second-order valence-corrected chi connectivity index (χ2v) is 2.88. The van der Waals surface area contributed by atoms with E-state index in [0.717, 1.165) is 13.0 Å². The average Bonchev–Trinajstić information content (AvgIpc) is 2.43. The number of rotatable bonds is 1. The third-order valence-electron chi connectivity index (χ3n) is 2.27. The molecule has 1 heterocycles. The first-order valence-electron chi connectivity index (χ1n) is 3.25. The zero-order chi connectivity index (χ0) is 6.43. The SMILES string of the molecule is O=C(O)C1NCC2C[C@H]21. The smallest absolute Gasteiger partial charge is 0.320 e. The van der Waals surface area contributed by atoms with Gasteiger partial charge in [-0.1, -0.05) is 0 Å². The fourth-order valence-corrected chi connectivity index (χ4v) is 1.61. The summed E-state index contributed by atoms with van der Waals surface area (Å²) in [6, 6.07) is -0.227. The molecule has 1 saturated carbocycles. The fourth-order valence-electron chi connectivity index (χ4n) is 1.61. The molecule has 0 aromatic heterocycles. The molecule has 50 valence electrons. The highest BCUT2D eigenvalue weighted by Crippen LogP contribution is 2.44. The van der Waals surface area contributed by atoms with Gasteiger partial charge in [0.05, 0.1) is 0 Å². The molecular formula is C6H9NO2. The van der Waals surface area contributed by atoms with Crippen molar-refractivity contribution in [1.29, 1.82) is 0 Å². The Morgan fingerprint density at radius 1 is 1.67 bits per heavy atom. The maximum absolute atomic E-state index is 10.4. The second-order valence-electron chi connectivity index (χ2n) is 2.88. The van der Waals surface area contributed by atoms with Crippen LogP contribution in [0.4, 0.5) is 0 Å². The Labute approximate surface area is 53.1 Å². The molecule has 0 amide bonds. The monoisotopic (exact) mass is 127 g/mol. The largest absolute Gasteiger partial charge is 0.480 e. The highest BCUT2D eigenvalue weighted by molar-refractivity contribution is 5.75. The van der Waals surface area contributed by atoms with Gasteiger partial charge in [0, 0.05) is 0 Å². The summed E-state index contributed by atoms with van der Waals surface area (Å²) in [6.45, 7) is 0.918. The summed E-state index contributed by atoms with van der Waals surface area (Å²) in [6.07, 6.45) is 1.13. The molecule has 1 saturated heterocycles. The van der Waals surface area contributed by atoms with Crippen molar-refractivity contribution in [3.05, 3.63) is 0 Å². The van der Waals surface area contributed by atoms with Crippen LogP contribution < -0.4 is 5.32 Å². The van der Waals surface area contributed by atoms with E-state index in [2.05, 4.69) is 5.32 Å². The van der Waals surface area contributed by atoms with Gasteiger partial charge in [-0.3, -0.25) is 4.79 Å². The van der Waals surface area contributed by atoms with Crippen LogP contribution in [0.5, 0.6) is 0 Å². The molecule has 3 atom stereocenters. The zero-order valence-electron chi connectivity index (χ0n) is 5.00. The summed E-state index contributed by atoms with van der Waals surface area (Å²) in [4.78, 5) is 10.4. The molecule has 0 bridgehead atoms. The van der Waals surface area contributed by atoms with Crippen LogP contribution >= 0.6 is 0 Å². The zero-order valence-corrected chi connectivity index (χ0v) is 5.00. The summed E-state index contributed by atoms with van der Waals surface area (Å²) in [5, 5.41) is 11.5. The Hall–Kier alpha value is -0.570. The first kappa shape index (κ1) is 5.23. The molecule has 2 fully saturated rings. The maximum Gasteiger partial charge on any atom is 0.320 e. The first-order chi connectivity index (χ1) is 4.29. The fraction of sp³-hybridized carbons (Fsp3) is 0.833. The molecule has 0 spiro atoms. The van der Waals surface area contributed by atoms with Gasteiger partial charge in [-0.05, 0) is 24.8 Å². The Morgan fingerprint density at radius 3 is 2.67 bits per heavy atom. The van der Waals surface area contributed by atoms with Gasteiger partial charge >= 0.3 is 5.97 Å². The number of aliphatic carboxylic acids is 1. The molecule has 1 aliphatic carbocycles. The van der Waals surface area contributed by atoms with E-state index in [-0.39, 0.29) is 6.04 Å². The maximum atomic E-state index is 10.4. The Bertz CT molecular complexity index is 157. The summed E-state index contributed by atoms with van der Waals surface area (Å²) in [5.41, 5.74) is 0. The van der Waals surface area contributed by atoms with Crippen molar-refractivity contribution in [3.63, 3.8) is 0 Å². The van der Waals surface area contributed by atoms with Crippen molar-refractivity contribution in [2.75, 3.05) is 6.54 Å². The van der Waals surface area contributed by atoms with E-state index in [0.29, 0.717) is 11.8 Å². The highest BCUT2D eigenvalue weighted by Gasteiger charge is 2.51. The van der Waals surface area contributed by atoms with Crippen LogP contribution in [-0.2, 0) is 4.79 Å². The molecule has 9 heavy (non-hydrogen) atoms. The predicted molar refractivity (Wildman–Crippen MR) is 31.0 cm³/mol. The lowest BCUT2D eigenvalue weighted by molar-refractivity contribution is -0.139. The van der Waals surface area contributed by atoms with Crippen molar-refractivity contribution in [2.24, 2.45) is 11.8 Å². The van der Waals surface area contributed by atoms with Gasteiger partial charge < -0.3 is 10.4 Å². The summed E-state index contributed by atoms with van der Waals surface area (Å²) < 4.78 is 0. The van der Waals surface area contributed by atoms with Crippen molar-refractivity contribution < 1.29 is 9.90 Å². The summed E-state index contributed by atoms with van der Waals surface area (Å²) in [5.74, 6) is 0.466. The van der Waals surface area contributed by atoms with Crippen molar-refractivity contribution in [1.82, 2.24) is 5.32 Å². The minimum atomic E-state index is -0.681. The van der Waals surface area contributed by atoms with Crippen molar-refractivity contribution in [3.8, 4) is 0 Å². The molecule has 0 aromatic rings. The lowest BCUT2D eigenvalue weighted by Gasteiger charge is -2.04. The van der Waals surface area contributed by atoms with Crippen LogP contribution in [0.1, 0.15) is 6.42 Å². The summed E-state index contributed by atoms with van der Waals surface area (Å²) in [7, 11) is 0. The summed E-state index contributed by atoms with van der Waals surface area (Å²) >= 11 is 0. The number of carboxylic acid groups (broad SMARTS) is 1. The highest BCUT2D eigenvalue weighted by atomic mass is 16.4. The Morgan fingerprint density at radius 2 is 2.44 bits per heavy atom. The van der Waals surface area contributed by atoms with E-state index in [4.69, 9.17) is 5.11 Å². The number of carboxylic acids is 1. The van der Waals surface area contributed by atoms with Crippen molar-refractivity contribution >= 4 is 5.97 Å². The van der Waals surface area contributed by atoms with E-state index >= 15 is 0 Å². The molecule has 0 aromatic carbocycles. The minimum Gasteiger partial charge on any atom is -0.480 e. The van der Waals surface area contributed by atoms with Crippen LogP contribution in [-0.4, -0.2) is 23.7 Å². The van der Waals surface area contributed by atoms with Crippen LogP contribution in [0.3, 0.4) is 0 Å². The molecule has 2 unspecified atom stereocenters. The van der Waals surface area contributed by atoms with Gasteiger partial charge in [-0.2, -0.15) is 0 Å². The molecule has 1 aliphatic heterocycles. The van der Waals surface area contributed by atoms with Crippen LogP contribution in [0.25, 0.3) is 0 Å². The topological polar surface area (TPSA) is 49.3 Å². The lowest BCUT2D eigenvalue weighted by Crippen LogP contribution is -2.34. The van der Waals surface area contributed by atoms with Gasteiger partial charge in [-0.25, -0.2) is 0 Å². The van der Waals surface area contributed by atoms with Crippen LogP contribution in [0.2, 0.25) is 0 Å². The molecule has 2 N–H and O–H groups in total. The number of hydrogen-bond donors (Lipinski definition) is 2. The standard InChI is InChI=1S/C6H9NO2/c8-6(9)5-4-1-3(4)2-7-5/h3-5,7H,1-2H2,(H,8,9)/t3?,4-,5?/m1/s1. The van der Waals surface area contributed by atoms with E-state index in [1.165, 1.54) is 0 Å². The van der Waals surface area contributed by atoms with Gasteiger partial charge in [0.1, 0.15) is 6.04 Å². The molecule has 2 aliphatic rings. The molecule has 3 nitrogen and oxygen atoms in total. The first-order valence-corrected chi connectivity index (χ1v) is 3.25. The van der Waals surface area contributed by atoms with Gasteiger partial charge in [0.2, 0.25) is 0 Å². The normalized spacial score (nSPS) is 46.4. The number of fused-ring (bicyclic) bond motifs is 1. The number of piperidine rings is 1. The van der Waals surface area contributed by atoms with Gasteiger partial charge in [-0.15, -0.1) is 0 Å². The molecule has 2 rings (SSSR count). The van der Waals surface area contributed by atoms with E-state index in [1.54, 1.807) is 0 Å². The molecular weight excluding hydrogens is 118 g/mol. The van der Waals surface area contributed by atoms with Gasteiger partial charge in [0.25, 0.3) is 0 Å². The minimum absolute atomic E-state index is 0.227. The van der Waals surface area contributed by atoms with Crippen LogP contribution in [0.15, 0.2) is 0 Å². The Kier molecular flexibility index (Phi) is 0.858. The number of hydrogen-bond acceptors (Lipinski definition) is 2. The van der Waals surface area contributed by atoms with E-state index in [1.807, 2.05) is 0 Å². The van der Waals surface area contributed by atoms with Crippen molar-refractivity contribution in [2.45, 2.75) is 12.5 Å². The van der Waals surface area contributed by atoms with Gasteiger partial charge in [0.15, 0.2) is 0 Å². The number of nitrogens with one attached hydrogen (secondary N) is 1. The van der Waals surface area contributed by atoms with E-state index < -0.39 is 5.97 Å². The third kappa shape index (κ3) is 0.645. The Balaban J connectivity index is 2.06. The average molecular weight is 127 g/mol. The molecule has 3 heteroatoms. The second kappa shape index (κ2) is 1.48. The van der Waals surface area contributed by atoms with E-state index in [9.17, 15) is 4.79 Å². The number of carbonyl (C=O) groups is 1. The third-order valence-corrected chi connectivity index (χ3v) is 2.27. The predicted octanol–water partition coefficient (Wildman–Crippen LogP) is -0.321. The molecule has 0 radical (unpaired) electrons. The quantitative estimate of drug-likeness (QED) is 0.507. The lowest BCUT2D eigenvalue weighted by atomic mass is 10.2. The van der Waals surface area contributed by atoms with Crippen LogP contribution in [0, 0.1) is 11.8 Å².